The lowest BCUT2D eigenvalue weighted by Crippen LogP contribution is -2.31. The van der Waals surface area contributed by atoms with Crippen LogP contribution in [0.4, 0.5) is 0 Å². The van der Waals surface area contributed by atoms with Crippen molar-refractivity contribution in [3.8, 4) is 17.1 Å². The fraction of sp³-hybridized carbons (Fsp3) is 0.375. The first-order valence-corrected chi connectivity index (χ1v) is 12.2. The van der Waals surface area contributed by atoms with E-state index in [-0.39, 0.29) is 10.8 Å². The van der Waals surface area contributed by atoms with Gasteiger partial charge >= 0.3 is 0 Å². The van der Waals surface area contributed by atoms with Gasteiger partial charge in [-0.3, -0.25) is 4.90 Å². The second-order valence-corrected chi connectivity index (χ2v) is 10.2. The molecule has 1 aromatic heterocycles. The number of aromatic nitrogens is 1. The summed E-state index contributed by atoms with van der Waals surface area (Å²) in [5.74, 6) is 1.08. The maximum atomic E-state index is 13.1. The molecule has 1 atom stereocenters. The van der Waals surface area contributed by atoms with Crippen LogP contribution in [0.3, 0.4) is 0 Å². The zero-order valence-corrected chi connectivity index (χ0v) is 19.5. The molecule has 1 saturated heterocycles. The first kappa shape index (κ1) is 22.5. The maximum Gasteiger partial charge on any atom is 0.244 e. The Hall–Kier alpha value is -2.68. The van der Waals surface area contributed by atoms with Crippen molar-refractivity contribution in [1.82, 2.24) is 14.8 Å². The monoisotopic (exact) mass is 455 g/mol. The molecule has 32 heavy (non-hydrogen) atoms. The molecule has 0 aliphatic carbocycles. The number of hydrogen-bond donors (Lipinski definition) is 1. The second kappa shape index (κ2) is 9.44. The Morgan fingerprint density at radius 1 is 1.16 bits per heavy atom. The molecule has 4 rings (SSSR count). The molecule has 1 aliphatic heterocycles. The molecule has 170 valence electrons. The highest BCUT2D eigenvalue weighted by atomic mass is 32.2. The van der Waals surface area contributed by atoms with E-state index in [0.717, 1.165) is 31.7 Å². The maximum absolute atomic E-state index is 13.1. The van der Waals surface area contributed by atoms with Crippen LogP contribution in [0.25, 0.3) is 11.3 Å². The van der Waals surface area contributed by atoms with Crippen molar-refractivity contribution in [2.45, 2.75) is 31.7 Å². The fourth-order valence-corrected chi connectivity index (χ4v) is 5.33. The van der Waals surface area contributed by atoms with Gasteiger partial charge in [-0.05, 0) is 56.5 Å². The zero-order valence-electron chi connectivity index (χ0n) is 18.7. The van der Waals surface area contributed by atoms with Crippen molar-refractivity contribution >= 4 is 10.0 Å². The van der Waals surface area contributed by atoms with Gasteiger partial charge in [-0.25, -0.2) is 13.1 Å². The number of sulfonamides is 1. The van der Waals surface area contributed by atoms with E-state index in [0.29, 0.717) is 23.6 Å². The molecule has 8 heteroatoms. The van der Waals surface area contributed by atoms with Gasteiger partial charge in [0.15, 0.2) is 5.76 Å². The van der Waals surface area contributed by atoms with E-state index in [1.807, 2.05) is 6.92 Å². The number of hydrogen-bond acceptors (Lipinski definition) is 6. The van der Waals surface area contributed by atoms with Gasteiger partial charge in [0.2, 0.25) is 10.0 Å². The number of nitrogens with one attached hydrogen (secondary N) is 1. The Morgan fingerprint density at radius 2 is 1.94 bits per heavy atom. The van der Waals surface area contributed by atoms with Gasteiger partial charge in [0.1, 0.15) is 10.6 Å². The van der Waals surface area contributed by atoms with E-state index in [9.17, 15) is 8.42 Å². The normalized spacial score (nSPS) is 17.0. The van der Waals surface area contributed by atoms with Crippen molar-refractivity contribution < 1.29 is 17.7 Å². The topological polar surface area (TPSA) is 84.7 Å². The Balaban J connectivity index is 1.41. The van der Waals surface area contributed by atoms with Crippen LogP contribution in [0.15, 0.2) is 57.9 Å². The second-order valence-electron chi connectivity index (χ2n) is 8.43. The molecule has 0 radical (unpaired) electrons. The number of methoxy groups -OCH3 is 1. The predicted molar refractivity (Wildman–Crippen MR) is 123 cm³/mol. The summed E-state index contributed by atoms with van der Waals surface area (Å²) in [7, 11) is -2.29. The highest BCUT2D eigenvalue weighted by molar-refractivity contribution is 7.89. The first-order chi connectivity index (χ1) is 15.3. The van der Waals surface area contributed by atoms with Crippen molar-refractivity contribution in [2.75, 3.05) is 26.7 Å². The van der Waals surface area contributed by atoms with Crippen LogP contribution in [0.1, 0.15) is 23.2 Å². The van der Waals surface area contributed by atoms with Crippen LogP contribution >= 0.6 is 0 Å². The molecule has 1 fully saturated rings. The molecular formula is C24H29N3O4S. The summed E-state index contributed by atoms with van der Waals surface area (Å²) in [6.07, 6.45) is 0.961. The van der Waals surface area contributed by atoms with Gasteiger partial charge in [0.05, 0.1) is 12.8 Å². The lowest BCUT2D eigenvalue weighted by Gasteiger charge is -2.17. The Labute approximate surface area is 189 Å². The van der Waals surface area contributed by atoms with E-state index in [1.165, 1.54) is 18.2 Å². The molecule has 0 amide bonds. The minimum Gasteiger partial charge on any atom is -0.495 e. The van der Waals surface area contributed by atoms with E-state index in [1.54, 1.807) is 24.3 Å². The lowest BCUT2D eigenvalue weighted by atomic mass is 10.1. The van der Waals surface area contributed by atoms with Crippen molar-refractivity contribution in [2.24, 2.45) is 5.92 Å². The van der Waals surface area contributed by atoms with Gasteiger partial charge < -0.3 is 9.26 Å². The lowest BCUT2D eigenvalue weighted by molar-refractivity contribution is 0.316. The third-order valence-corrected chi connectivity index (χ3v) is 7.27. The molecular weight excluding hydrogens is 426 g/mol. The predicted octanol–water partition coefficient (Wildman–Crippen LogP) is 3.77. The van der Waals surface area contributed by atoms with Crippen LogP contribution in [-0.2, 0) is 16.6 Å². The summed E-state index contributed by atoms with van der Waals surface area (Å²) in [5, 5.41) is 3.88. The van der Waals surface area contributed by atoms with Gasteiger partial charge in [0.25, 0.3) is 0 Å². The number of benzene rings is 2. The van der Waals surface area contributed by atoms with Crippen LogP contribution in [-0.4, -0.2) is 45.2 Å². The van der Waals surface area contributed by atoms with E-state index in [4.69, 9.17) is 9.26 Å². The third-order valence-electron chi connectivity index (χ3n) is 5.82. The number of ether oxygens (including phenoxy) is 1. The average Bonchev–Trinajstić information content (AvgIpc) is 3.42. The Bertz CT molecular complexity index is 1170. The molecule has 1 aliphatic rings. The van der Waals surface area contributed by atoms with E-state index in [2.05, 4.69) is 46.0 Å². The summed E-state index contributed by atoms with van der Waals surface area (Å²) in [6.45, 7) is 7.00. The summed E-state index contributed by atoms with van der Waals surface area (Å²) < 4.78 is 39.6. The van der Waals surface area contributed by atoms with Gasteiger partial charge in [0, 0.05) is 31.3 Å². The summed E-state index contributed by atoms with van der Waals surface area (Å²) >= 11 is 0. The SMILES string of the molecule is COc1ccc(-c2cc(C)no2)cc1S(=O)(=O)NC[C@H]1CCN(Cc2ccc(C)cc2)C1. The molecule has 0 unspecified atom stereocenters. The molecule has 0 spiro atoms. The largest absolute Gasteiger partial charge is 0.495 e. The van der Waals surface area contributed by atoms with Crippen molar-refractivity contribution in [3.63, 3.8) is 0 Å². The van der Waals surface area contributed by atoms with Gasteiger partial charge in [-0.2, -0.15) is 0 Å². The molecule has 2 heterocycles. The molecule has 0 saturated carbocycles. The standard InChI is InChI=1S/C24H29N3O4S/c1-17-4-6-19(7-5-17)15-27-11-10-20(16-27)14-25-32(28,29)24-13-21(8-9-22(24)30-3)23-12-18(2)26-31-23/h4-9,12-13,20,25H,10-11,14-16H2,1-3H3/t20-/m1/s1. The third kappa shape index (κ3) is 5.20. The van der Waals surface area contributed by atoms with Crippen molar-refractivity contribution in [1.29, 1.82) is 0 Å². The minimum absolute atomic E-state index is 0.0982. The minimum atomic E-state index is -3.75. The Kier molecular flexibility index (Phi) is 6.64. The van der Waals surface area contributed by atoms with Crippen LogP contribution < -0.4 is 9.46 Å². The summed E-state index contributed by atoms with van der Waals surface area (Å²) in [6, 6.07) is 15.3. The number of likely N-dealkylation sites (tertiary alicyclic amines) is 1. The molecule has 1 N–H and O–H groups in total. The van der Waals surface area contributed by atoms with E-state index >= 15 is 0 Å². The average molecular weight is 456 g/mol. The summed E-state index contributed by atoms with van der Waals surface area (Å²) in [4.78, 5) is 2.47. The quantitative estimate of drug-likeness (QED) is 0.557. The van der Waals surface area contributed by atoms with Crippen LogP contribution in [0.5, 0.6) is 5.75 Å². The zero-order chi connectivity index (χ0) is 22.7. The van der Waals surface area contributed by atoms with Crippen LogP contribution in [0.2, 0.25) is 0 Å². The highest BCUT2D eigenvalue weighted by Gasteiger charge is 2.26. The number of rotatable bonds is 8. The first-order valence-electron chi connectivity index (χ1n) is 10.7. The molecule has 2 aromatic carbocycles. The fourth-order valence-electron chi connectivity index (χ4n) is 4.02. The highest BCUT2D eigenvalue weighted by Crippen LogP contribution is 2.30. The van der Waals surface area contributed by atoms with Crippen molar-refractivity contribution in [3.05, 3.63) is 65.4 Å². The summed E-state index contributed by atoms with van der Waals surface area (Å²) in [5.41, 5.74) is 3.90. The van der Waals surface area contributed by atoms with Gasteiger partial charge in [-0.15, -0.1) is 0 Å². The number of aryl methyl sites for hydroxylation is 2. The Morgan fingerprint density at radius 3 is 2.62 bits per heavy atom. The van der Waals surface area contributed by atoms with Crippen LogP contribution in [0, 0.1) is 19.8 Å². The van der Waals surface area contributed by atoms with Gasteiger partial charge in [-0.1, -0.05) is 35.0 Å². The van der Waals surface area contributed by atoms with E-state index < -0.39 is 10.0 Å². The smallest absolute Gasteiger partial charge is 0.244 e. The molecule has 3 aromatic rings. The molecule has 0 bridgehead atoms. The molecule has 7 nitrogen and oxygen atoms in total. The number of nitrogens with zero attached hydrogens (tertiary/aromatic N) is 2.